The third-order valence-electron chi connectivity index (χ3n) is 2.53. The lowest BCUT2D eigenvalue weighted by Crippen LogP contribution is -2.49. The minimum absolute atomic E-state index is 0.0122. The summed E-state index contributed by atoms with van der Waals surface area (Å²) in [6.07, 6.45) is 0.593. The summed E-state index contributed by atoms with van der Waals surface area (Å²) in [5.41, 5.74) is 4.89. The molecule has 8 nitrogen and oxygen atoms in total. The number of rotatable bonds is 5. The molecule has 24 heavy (non-hydrogen) atoms. The highest BCUT2D eigenvalue weighted by molar-refractivity contribution is 9.10. The summed E-state index contributed by atoms with van der Waals surface area (Å²) in [4.78, 5) is 18.1. The zero-order chi connectivity index (χ0) is 18.7. The van der Waals surface area contributed by atoms with Crippen LogP contribution in [0.2, 0.25) is 0 Å². The van der Waals surface area contributed by atoms with Crippen molar-refractivity contribution in [3.05, 3.63) is 16.7 Å². The van der Waals surface area contributed by atoms with E-state index in [4.69, 9.17) is 10.5 Å². The molecule has 0 atom stereocenters. The van der Waals surface area contributed by atoms with Crippen LogP contribution in [0.4, 0.5) is 10.6 Å². The van der Waals surface area contributed by atoms with Crippen molar-refractivity contribution in [1.82, 2.24) is 14.8 Å². The number of sulfonamides is 1. The monoisotopic (exact) mass is 422 g/mol. The third-order valence-corrected chi connectivity index (χ3v) is 4.33. The SMILES string of the molecule is CC(C)CN(NS(=O)(=O)c1cc(Br)cnc1N)C(=O)OC(C)(C)C. The number of nitrogens with one attached hydrogen (secondary N) is 1. The summed E-state index contributed by atoms with van der Waals surface area (Å²) >= 11 is 3.15. The number of anilines is 1. The zero-order valence-electron chi connectivity index (χ0n) is 14.3. The van der Waals surface area contributed by atoms with Gasteiger partial charge in [0.05, 0.1) is 0 Å². The number of aromatic nitrogens is 1. The number of hydrogen-bond donors (Lipinski definition) is 2. The van der Waals surface area contributed by atoms with Crippen molar-refractivity contribution in [2.24, 2.45) is 5.92 Å². The predicted molar refractivity (Wildman–Crippen MR) is 94.4 cm³/mol. The number of pyridine rings is 1. The smallest absolute Gasteiger partial charge is 0.425 e. The number of nitrogen functional groups attached to an aromatic ring is 1. The number of halogens is 1. The Bertz CT molecular complexity index is 701. The summed E-state index contributed by atoms with van der Waals surface area (Å²) in [6, 6.07) is 1.31. The predicted octanol–water partition coefficient (Wildman–Crippen LogP) is 2.51. The highest BCUT2D eigenvalue weighted by atomic mass is 79.9. The first-order valence-corrected chi connectivity index (χ1v) is 9.53. The lowest BCUT2D eigenvalue weighted by molar-refractivity contribution is 0.0178. The molecule has 0 aliphatic rings. The van der Waals surface area contributed by atoms with Crippen LogP contribution >= 0.6 is 15.9 Å². The van der Waals surface area contributed by atoms with Crippen molar-refractivity contribution in [2.45, 2.75) is 45.1 Å². The second-order valence-electron chi connectivity index (χ2n) is 6.62. The van der Waals surface area contributed by atoms with Crippen molar-refractivity contribution in [3.63, 3.8) is 0 Å². The second-order valence-corrected chi connectivity index (χ2v) is 9.16. The maximum Gasteiger partial charge on any atom is 0.425 e. The van der Waals surface area contributed by atoms with Crippen LogP contribution in [0.5, 0.6) is 0 Å². The van der Waals surface area contributed by atoms with Crippen molar-refractivity contribution in [3.8, 4) is 0 Å². The van der Waals surface area contributed by atoms with Gasteiger partial charge in [0.25, 0.3) is 10.0 Å². The van der Waals surface area contributed by atoms with E-state index in [-0.39, 0.29) is 23.2 Å². The van der Waals surface area contributed by atoms with E-state index in [1.54, 1.807) is 20.8 Å². The summed E-state index contributed by atoms with van der Waals surface area (Å²) in [6.45, 7) is 8.92. The quantitative estimate of drug-likeness (QED) is 0.704. The number of carbonyl (C=O) groups is 1. The normalized spacial score (nSPS) is 12.3. The van der Waals surface area contributed by atoms with Gasteiger partial charge in [0.1, 0.15) is 16.3 Å². The standard InChI is InChI=1S/C14H23BrN4O4S/c1-9(2)8-19(13(20)23-14(3,4)5)18-24(21,22)11-6-10(15)7-17-12(11)16/h6-7,9,18H,8H2,1-5H3,(H2,16,17). The van der Waals surface area contributed by atoms with Crippen LogP contribution in [0.25, 0.3) is 0 Å². The molecule has 0 spiro atoms. The molecule has 1 aromatic rings. The fraction of sp³-hybridized carbons (Fsp3) is 0.571. The Morgan fingerprint density at radius 3 is 2.54 bits per heavy atom. The number of amides is 1. The largest absolute Gasteiger partial charge is 0.443 e. The van der Waals surface area contributed by atoms with E-state index in [1.165, 1.54) is 12.3 Å². The Labute approximate surface area is 150 Å². The van der Waals surface area contributed by atoms with Crippen LogP contribution in [0.1, 0.15) is 34.6 Å². The van der Waals surface area contributed by atoms with E-state index >= 15 is 0 Å². The maximum atomic E-state index is 12.6. The number of carbonyl (C=O) groups excluding carboxylic acids is 1. The topological polar surface area (TPSA) is 115 Å². The first-order valence-electron chi connectivity index (χ1n) is 7.26. The van der Waals surface area contributed by atoms with Gasteiger partial charge in [-0.05, 0) is 48.7 Å². The van der Waals surface area contributed by atoms with Gasteiger partial charge in [-0.3, -0.25) is 0 Å². The fourth-order valence-electron chi connectivity index (χ4n) is 1.67. The molecular formula is C14H23BrN4O4S. The van der Waals surface area contributed by atoms with Crippen LogP contribution in [-0.2, 0) is 14.8 Å². The van der Waals surface area contributed by atoms with Crippen LogP contribution < -0.4 is 10.6 Å². The van der Waals surface area contributed by atoms with Gasteiger partial charge in [-0.1, -0.05) is 13.8 Å². The van der Waals surface area contributed by atoms with Crippen LogP contribution in [0, 0.1) is 5.92 Å². The van der Waals surface area contributed by atoms with Gasteiger partial charge in [0.15, 0.2) is 0 Å². The molecule has 0 aliphatic heterocycles. The van der Waals surface area contributed by atoms with Gasteiger partial charge in [0, 0.05) is 17.2 Å². The molecule has 0 bridgehead atoms. The number of nitrogens with two attached hydrogens (primary N) is 1. The molecule has 3 N–H and O–H groups in total. The zero-order valence-corrected chi connectivity index (χ0v) is 16.7. The summed E-state index contributed by atoms with van der Waals surface area (Å²) in [5, 5.41) is 0.922. The third kappa shape index (κ3) is 6.25. The Hall–Kier alpha value is -1.39. The van der Waals surface area contributed by atoms with Gasteiger partial charge in [-0.15, -0.1) is 4.83 Å². The molecule has 1 aromatic heterocycles. The molecular weight excluding hydrogens is 400 g/mol. The average molecular weight is 423 g/mol. The first kappa shape index (κ1) is 20.7. The van der Waals surface area contributed by atoms with Crippen LogP contribution in [-0.4, -0.2) is 36.6 Å². The van der Waals surface area contributed by atoms with Crippen molar-refractivity contribution in [2.75, 3.05) is 12.3 Å². The van der Waals surface area contributed by atoms with Crippen LogP contribution in [0.15, 0.2) is 21.6 Å². The minimum atomic E-state index is -4.10. The van der Waals surface area contributed by atoms with Gasteiger partial charge in [0.2, 0.25) is 0 Å². The van der Waals surface area contributed by atoms with Gasteiger partial charge < -0.3 is 10.5 Å². The van der Waals surface area contributed by atoms with Crippen molar-refractivity contribution in [1.29, 1.82) is 0 Å². The van der Waals surface area contributed by atoms with Crippen molar-refractivity contribution >= 4 is 37.9 Å². The molecule has 1 amide bonds. The Morgan fingerprint density at radius 1 is 1.46 bits per heavy atom. The molecule has 0 saturated carbocycles. The lowest BCUT2D eigenvalue weighted by atomic mass is 10.2. The minimum Gasteiger partial charge on any atom is -0.443 e. The van der Waals surface area contributed by atoms with Crippen LogP contribution in [0.3, 0.4) is 0 Å². The molecule has 0 unspecified atom stereocenters. The molecule has 0 aliphatic carbocycles. The maximum absolute atomic E-state index is 12.6. The summed E-state index contributed by atoms with van der Waals surface area (Å²) < 4.78 is 30.8. The van der Waals surface area contributed by atoms with Crippen molar-refractivity contribution < 1.29 is 17.9 Å². The molecule has 1 heterocycles. The highest BCUT2D eigenvalue weighted by Crippen LogP contribution is 2.21. The second kappa shape index (κ2) is 7.66. The molecule has 10 heteroatoms. The molecule has 0 saturated heterocycles. The number of nitrogens with zero attached hydrogens (tertiary/aromatic N) is 2. The van der Waals surface area contributed by atoms with Gasteiger partial charge >= 0.3 is 6.09 Å². The molecule has 0 fully saturated rings. The molecule has 1 rings (SSSR count). The number of ether oxygens (including phenoxy) is 1. The van der Waals surface area contributed by atoms with E-state index in [0.29, 0.717) is 4.47 Å². The highest BCUT2D eigenvalue weighted by Gasteiger charge is 2.28. The molecule has 0 radical (unpaired) electrons. The number of hydrazine groups is 1. The van der Waals surface area contributed by atoms with E-state index < -0.39 is 21.7 Å². The van der Waals surface area contributed by atoms with Gasteiger partial charge in [-0.25, -0.2) is 23.2 Å². The first-order chi connectivity index (χ1) is 10.8. The van der Waals surface area contributed by atoms with E-state index in [9.17, 15) is 13.2 Å². The average Bonchev–Trinajstić information content (AvgIpc) is 2.38. The molecule has 136 valence electrons. The fourth-order valence-corrected chi connectivity index (χ4v) is 3.30. The Kier molecular flexibility index (Phi) is 6.59. The number of hydrogen-bond acceptors (Lipinski definition) is 6. The Balaban J connectivity index is 3.12. The van der Waals surface area contributed by atoms with E-state index in [2.05, 4.69) is 25.7 Å². The summed E-state index contributed by atoms with van der Waals surface area (Å²) in [7, 11) is -4.10. The van der Waals surface area contributed by atoms with E-state index in [1.807, 2.05) is 13.8 Å². The van der Waals surface area contributed by atoms with Gasteiger partial charge in [-0.2, -0.15) is 0 Å². The summed E-state index contributed by atoms with van der Waals surface area (Å²) in [5.74, 6) is -0.155. The van der Waals surface area contributed by atoms with E-state index in [0.717, 1.165) is 5.01 Å². The lowest BCUT2D eigenvalue weighted by Gasteiger charge is -2.28. The Morgan fingerprint density at radius 2 is 2.04 bits per heavy atom. The molecule has 0 aromatic carbocycles.